The number of nitrogens with one attached hydrogen (secondary N) is 1. The molecule has 5 nitrogen and oxygen atoms in total. The van der Waals surface area contributed by atoms with Gasteiger partial charge in [-0.1, -0.05) is 30.3 Å². The fourth-order valence-corrected chi connectivity index (χ4v) is 2.94. The molecule has 1 N–H and O–H groups in total. The third-order valence-electron chi connectivity index (χ3n) is 4.36. The molecule has 0 aliphatic carbocycles. The van der Waals surface area contributed by atoms with Gasteiger partial charge in [0.2, 0.25) is 11.1 Å². The van der Waals surface area contributed by atoms with Crippen molar-refractivity contribution in [2.45, 2.75) is 13.5 Å². The molecule has 0 radical (unpaired) electrons. The molecule has 0 atom stereocenters. The number of aromatic nitrogens is 1. The second kappa shape index (κ2) is 6.64. The van der Waals surface area contributed by atoms with Crippen molar-refractivity contribution in [3.8, 4) is 0 Å². The molecular weight excluding hydrogens is 347 g/mol. The van der Waals surface area contributed by atoms with Crippen LogP contribution in [0, 0.1) is 12.7 Å². The van der Waals surface area contributed by atoms with Gasteiger partial charge in [0, 0.05) is 6.54 Å². The maximum Gasteiger partial charge on any atom is 0.253 e. The Labute approximate surface area is 153 Å². The lowest BCUT2D eigenvalue weighted by atomic mass is 10.1. The lowest BCUT2D eigenvalue weighted by Crippen LogP contribution is -2.24. The van der Waals surface area contributed by atoms with Crippen molar-refractivity contribution < 1.29 is 13.6 Å². The highest BCUT2D eigenvalue weighted by Gasteiger charge is 2.16. The number of halogens is 1. The van der Waals surface area contributed by atoms with Gasteiger partial charge in [0.25, 0.3) is 5.91 Å². The van der Waals surface area contributed by atoms with E-state index in [2.05, 4.69) is 10.3 Å². The number of aryl methyl sites for hydroxylation is 1. The summed E-state index contributed by atoms with van der Waals surface area (Å²) < 4.78 is 19.1. The molecule has 0 saturated heterocycles. The Balaban J connectivity index is 1.76. The molecule has 0 unspecified atom stereocenters. The van der Waals surface area contributed by atoms with E-state index in [9.17, 15) is 14.0 Å². The van der Waals surface area contributed by atoms with Crippen LogP contribution in [0.4, 0.5) is 4.39 Å². The summed E-state index contributed by atoms with van der Waals surface area (Å²) in [5.41, 5.74) is 1.63. The predicted molar refractivity (Wildman–Crippen MR) is 100 cm³/mol. The highest BCUT2D eigenvalue weighted by molar-refractivity contribution is 5.99. The molecule has 27 heavy (non-hydrogen) atoms. The quantitative estimate of drug-likeness (QED) is 0.564. The van der Waals surface area contributed by atoms with Crippen LogP contribution < -0.4 is 10.7 Å². The molecule has 0 aliphatic heterocycles. The summed E-state index contributed by atoms with van der Waals surface area (Å²) >= 11 is 0. The van der Waals surface area contributed by atoms with Crippen molar-refractivity contribution in [1.29, 1.82) is 0 Å². The van der Waals surface area contributed by atoms with E-state index in [0.717, 1.165) is 11.6 Å². The van der Waals surface area contributed by atoms with Gasteiger partial charge in [0.05, 0.1) is 22.0 Å². The zero-order chi connectivity index (χ0) is 19.0. The Bertz CT molecular complexity index is 1230. The van der Waals surface area contributed by atoms with Crippen LogP contribution in [-0.4, -0.2) is 10.9 Å². The molecular formula is C21H15FN2O3. The number of rotatable bonds is 3. The summed E-state index contributed by atoms with van der Waals surface area (Å²) in [7, 11) is 0. The minimum Gasteiger partial charge on any atom is -0.437 e. The number of hydrogen-bond acceptors (Lipinski definition) is 4. The summed E-state index contributed by atoms with van der Waals surface area (Å²) in [6.45, 7) is 2.03. The Morgan fingerprint density at radius 2 is 1.89 bits per heavy atom. The van der Waals surface area contributed by atoms with Crippen LogP contribution in [0.1, 0.15) is 21.6 Å². The van der Waals surface area contributed by atoms with Gasteiger partial charge in [-0.3, -0.25) is 9.59 Å². The van der Waals surface area contributed by atoms with E-state index in [1.165, 1.54) is 18.2 Å². The predicted octanol–water partition coefficient (Wildman–Crippen LogP) is 3.72. The summed E-state index contributed by atoms with van der Waals surface area (Å²) in [6, 6.07) is 14.7. The van der Waals surface area contributed by atoms with Gasteiger partial charge in [0.1, 0.15) is 11.4 Å². The van der Waals surface area contributed by atoms with E-state index in [-0.39, 0.29) is 33.5 Å². The average Bonchev–Trinajstić information content (AvgIpc) is 2.67. The van der Waals surface area contributed by atoms with Crippen molar-refractivity contribution >= 4 is 28.0 Å². The number of carbonyl (C=O) groups is 1. The molecule has 4 rings (SSSR count). The standard InChI is InChI=1S/C21H15FN2O3/c1-12-15(20(26)23-11-13-5-3-2-4-6-13)10-17-19(25)16-9-14(22)7-8-18(16)27-21(17)24-12/h2-10H,11H2,1H3,(H,23,26). The van der Waals surface area contributed by atoms with Crippen molar-refractivity contribution in [3.63, 3.8) is 0 Å². The van der Waals surface area contributed by atoms with E-state index in [1.807, 2.05) is 30.3 Å². The van der Waals surface area contributed by atoms with E-state index in [0.29, 0.717) is 12.2 Å². The topological polar surface area (TPSA) is 72.2 Å². The van der Waals surface area contributed by atoms with Gasteiger partial charge in [-0.05, 0) is 36.8 Å². The lowest BCUT2D eigenvalue weighted by molar-refractivity contribution is 0.0950. The first-order chi connectivity index (χ1) is 13.0. The zero-order valence-corrected chi connectivity index (χ0v) is 14.5. The number of fused-ring (bicyclic) bond motifs is 2. The van der Waals surface area contributed by atoms with E-state index >= 15 is 0 Å². The van der Waals surface area contributed by atoms with Gasteiger partial charge >= 0.3 is 0 Å². The molecule has 0 aliphatic rings. The molecule has 4 aromatic rings. The first-order valence-corrected chi connectivity index (χ1v) is 8.39. The molecule has 2 heterocycles. The largest absolute Gasteiger partial charge is 0.437 e. The number of carbonyl (C=O) groups excluding carboxylic acids is 1. The molecule has 0 saturated carbocycles. The fourth-order valence-electron chi connectivity index (χ4n) is 2.94. The van der Waals surface area contributed by atoms with Crippen molar-refractivity contribution in [2.24, 2.45) is 0 Å². The third kappa shape index (κ3) is 3.17. The molecule has 0 bridgehead atoms. The van der Waals surface area contributed by atoms with E-state index in [1.54, 1.807) is 6.92 Å². The van der Waals surface area contributed by atoms with Gasteiger partial charge in [-0.25, -0.2) is 9.37 Å². The number of nitrogens with zero attached hydrogens (tertiary/aromatic N) is 1. The van der Waals surface area contributed by atoms with Gasteiger partial charge in [-0.2, -0.15) is 0 Å². The van der Waals surface area contributed by atoms with Crippen LogP contribution in [0.5, 0.6) is 0 Å². The monoisotopic (exact) mass is 362 g/mol. The molecule has 6 heteroatoms. The Morgan fingerprint density at radius 1 is 1.11 bits per heavy atom. The van der Waals surface area contributed by atoms with Crippen LogP contribution in [0.2, 0.25) is 0 Å². The van der Waals surface area contributed by atoms with Crippen LogP contribution in [0.25, 0.3) is 22.1 Å². The number of hydrogen-bond donors (Lipinski definition) is 1. The SMILES string of the molecule is Cc1nc2oc3ccc(F)cc3c(=O)c2cc1C(=O)NCc1ccccc1. The smallest absolute Gasteiger partial charge is 0.253 e. The van der Waals surface area contributed by atoms with Crippen molar-refractivity contribution in [3.05, 3.63) is 87.5 Å². The molecule has 2 aromatic heterocycles. The Kier molecular flexibility index (Phi) is 4.16. The minimum absolute atomic E-state index is 0.115. The normalized spacial score (nSPS) is 11.0. The van der Waals surface area contributed by atoms with E-state index < -0.39 is 11.2 Å². The Hall–Kier alpha value is -3.54. The van der Waals surface area contributed by atoms with Crippen LogP contribution in [-0.2, 0) is 6.54 Å². The average molecular weight is 362 g/mol. The Morgan fingerprint density at radius 3 is 2.67 bits per heavy atom. The number of pyridine rings is 1. The summed E-state index contributed by atoms with van der Waals surface area (Å²) in [4.78, 5) is 29.5. The fraction of sp³-hybridized carbons (Fsp3) is 0.0952. The molecule has 2 aromatic carbocycles. The molecule has 1 amide bonds. The van der Waals surface area contributed by atoms with Gasteiger partial charge in [-0.15, -0.1) is 0 Å². The van der Waals surface area contributed by atoms with Crippen LogP contribution in [0.15, 0.2) is 63.8 Å². The summed E-state index contributed by atoms with van der Waals surface area (Å²) in [6.07, 6.45) is 0. The van der Waals surface area contributed by atoms with Gasteiger partial charge < -0.3 is 9.73 Å². The summed E-state index contributed by atoms with van der Waals surface area (Å²) in [5.74, 6) is -0.875. The molecule has 0 fully saturated rings. The highest BCUT2D eigenvalue weighted by Crippen LogP contribution is 2.20. The lowest BCUT2D eigenvalue weighted by Gasteiger charge is -2.09. The zero-order valence-electron chi connectivity index (χ0n) is 14.5. The third-order valence-corrected chi connectivity index (χ3v) is 4.36. The first kappa shape index (κ1) is 16.9. The second-order valence-electron chi connectivity index (χ2n) is 6.21. The van der Waals surface area contributed by atoms with Crippen LogP contribution >= 0.6 is 0 Å². The minimum atomic E-state index is -0.532. The summed E-state index contributed by atoms with van der Waals surface area (Å²) in [5, 5.41) is 3.07. The second-order valence-corrected chi connectivity index (χ2v) is 6.21. The molecule has 134 valence electrons. The molecule has 0 spiro atoms. The van der Waals surface area contributed by atoms with Gasteiger partial charge in [0.15, 0.2) is 0 Å². The first-order valence-electron chi connectivity index (χ1n) is 8.39. The maximum atomic E-state index is 13.5. The van der Waals surface area contributed by atoms with Crippen molar-refractivity contribution in [2.75, 3.05) is 0 Å². The maximum absolute atomic E-state index is 13.5. The van der Waals surface area contributed by atoms with Crippen LogP contribution in [0.3, 0.4) is 0 Å². The number of benzene rings is 2. The van der Waals surface area contributed by atoms with E-state index in [4.69, 9.17) is 4.42 Å². The highest BCUT2D eigenvalue weighted by atomic mass is 19.1. The van der Waals surface area contributed by atoms with Crippen molar-refractivity contribution in [1.82, 2.24) is 10.3 Å². The number of amides is 1.